The zero-order chi connectivity index (χ0) is 15.5. The first-order valence-corrected chi connectivity index (χ1v) is 7.75. The van der Waals surface area contributed by atoms with Crippen molar-refractivity contribution in [3.8, 4) is 0 Å². The van der Waals surface area contributed by atoms with Crippen LogP contribution in [0.4, 0.5) is 11.9 Å². The molecule has 0 unspecified atom stereocenters. The van der Waals surface area contributed by atoms with Gasteiger partial charge in [-0.15, -0.1) is 5.10 Å². The molecule has 1 aromatic heterocycles. The van der Waals surface area contributed by atoms with E-state index in [4.69, 9.17) is 0 Å². The van der Waals surface area contributed by atoms with Crippen LogP contribution in [0, 0.1) is 0 Å². The maximum atomic E-state index is 11.7. The number of nitrogens with zero attached hydrogens (tertiary/aromatic N) is 3. The van der Waals surface area contributed by atoms with Crippen LogP contribution in [0.25, 0.3) is 0 Å². The summed E-state index contributed by atoms with van der Waals surface area (Å²) in [5, 5.41) is 10.6. The molecule has 0 spiro atoms. The fourth-order valence-corrected chi connectivity index (χ4v) is 2.77. The lowest BCUT2D eigenvalue weighted by Gasteiger charge is -2.29. The lowest BCUT2D eigenvalue weighted by molar-refractivity contribution is -0.116. The van der Waals surface area contributed by atoms with E-state index in [1.165, 1.54) is 5.56 Å². The van der Waals surface area contributed by atoms with Crippen LogP contribution in [-0.2, 0) is 4.79 Å². The van der Waals surface area contributed by atoms with E-state index in [9.17, 15) is 4.79 Å². The second-order valence-corrected chi connectivity index (χ2v) is 5.71. The number of benzene rings is 1. The van der Waals surface area contributed by atoms with Gasteiger partial charge in [0.1, 0.15) is 0 Å². The molecule has 116 valence electrons. The number of rotatable bonds is 4. The molecule has 6 nitrogen and oxygen atoms in total. The molecule has 0 bridgehead atoms. The molecule has 0 radical (unpaired) electrons. The molecular formula is C16H21N5O. The smallest absolute Gasteiger partial charge is 0.250 e. The van der Waals surface area contributed by atoms with Crippen LogP contribution in [0.15, 0.2) is 30.3 Å². The van der Waals surface area contributed by atoms with Gasteiger partial charge >= 0.3 is 0 Å². The van der Waals surface area contributed by atoms with Crippen LogP contribution in [0.3, 0.4) is 0 Å². The third-order valence-corrected chi connectivity index (χ3v) is 3.79. The van der Waals surface area contributed by atoms with Crippen molar-refractivity contribution >= 4 is 17.8 Å². The molecule has 6 heteroatoms. The summed E-state index contributed by atoms with van der Waals surface area (Å²) in [4.78, 5) is 16.1. The van der Waals surface area contributed by atoms with Gasteiger partial charge in [0.25, 0.3) is 5.95 Å². The average molecular weight is 299 g/mol. The lowest BCUT2D eigenvalue weighted by atomic mass is 9.99. The topological polar surface area (TPSA) is 71.8 Å². The Balaban J connectivity index is 1.89. The SMILES string of the molecule is CCCC(=O)Nc1nc2n(n1)[C@@H](c1ccccc1)C[C@@H](C)N2. The minimum atomic E-state index is -0.0465. The van der Waals surface area contributed by atoms with Crippen LogP contribution < -0.4 is 10.6 Å². The molecule has 0 fully saturated rings. The Morgan fingerprint density at radius 3 is 2.91 bits per heavy atom. The van der Waals surface area contributed by atoms with E-state index in [2.05, 4.69) is 39.8 Å². The van der Waals surface area contributed by atoms with Crippen LogP contribution in [0.1, 0.15) is 44.7 Å². The maximum Gasteiger partial charge on any atom is 0.250 e. The summed E-state index contributed by atoms with van der Waals surface area (Å²) < 4.78 is 1.87. The second kappa shape index (κ2) is 6.17. The highest BCUT2D eigenvalue weighted by Gasteiger charge is 2.28. The van der Waals surface area contributed by atoms with Crippen molar-refractivity contribution in [3.05, 3.63) is 35.9 Å². The van der Waals surface area contributed by atoms with E-state index in [1.54, 1.807) is 0 Å². The molecule has 1 aliphatic rings. The summed E-state index contributed by atoms with van der Waals surface area (Å²) in [5.74, 6) is 1.03. The van der Waals surface area contributed by atoms with Crippen LogP contribution in [0.2, 0.25) is 0 Å². The maximum absolute atomic E-state index is 11.7. The number of nitrogens with one attached hydrogen (secondary N) is 2. The van der Waals surface area contributed by atoms with Crippen molar-refractivity contribution in [3.63, 3.8) is 0 Å². The summed E-state index contributed by atoms with van der Waals surface area (Å²) in [6, 6.07) is 10.7. The van der Waals surface area contributed by atoms with Crippen molar-refractivity contribution in [2.24, 2.45) is 0 Å². The van der Waals surface area contributed by atoms with Gasteiger partial charge < -0.3 is 5.32 Å². The van der Waals surface area contributed by atoms with Crippen molar-refractivity contribution in [2.45, 2.75) is 45.2 Å². The summed E-state index contributed by atoms with van der Waals surface area (Å²) >= 11 is 0. The number of hydrogen-bond acceptors (Lipinski definition) is 4. The van der Waals surface area contributed by atoms with Gasteiger partial charge in [-0.2, -0.15) is 4.98 Å². The fraction of sp³-hybridized carbons (Fsp3) is 0.438. The summed E-state index contributed by atoms with van der Waals surface area (Å²) in [5.41, 5.74) is 1.20. The standard InChI is InChI=1S/C16H21N5O/c1-3-7-14(22)18-15-19-16-17-11(2)10-13(21(16)20-15)12-8-5-4-6-9-12/h4-6,8-9,11,13H,3,7,10H2,1-2H3,(H2,17,18,19,20,22)/t11-,13-/m1/s1. The number of amides is 1. The molecule has 2 N–H and O–H groups in total. The van der Waals surface area contributed by atoms with Crippen LogP contribution in [-0.4, -0.2) is 26.7 Å². The first-order chi connectivity index (χ1) is 10.7. The largest absolute Gasteiger partial charge is 0.352 e. The molecular weight excluding hydrogens is 278 g/mol. The Labute approximate surface area is 129 Å². The van der Waals surface area contributed by atoms with Crippen LogP contribution >= 0.6 is 0 Å². The van der Waals surface area contributed by atoms with Crippen molar-refractivity contribution in [1.29, 1.82) is 0 Å². The minimum Gasteiger partial charge on any atom is -0.352 e. The van der Waals surface area contributed by atoms with Crippen molar-refractivity contribution in [1.82, 2.24) is 14.8 Å². The predicted octanol–water partition coefficient (Wildman–Crippen LogP) is 2.81. The number of anilines is 2. The first kappa shape index (κ1) is 14.6. The highest BCUT2D eigenvalue weighted by Crippen LogP contribution is 2.31. The predicted molar refractivity (Wildman–Crippen MR) is 85.8 cm³/mol. The molecule has 1 amide bonds. The van der Waals surface area contributed by atoms with E-state index < -0.39 is 0 Å². The van der Waals surface area contributed by atoms with E-state index in [0.717, 1.165) is 12.8 Å². The molecule has 2 atom stereocenters. The van der Waals surface area contributed by atoms with E-state index >= 15 is 0 Å². The Hall–Kier alpha value is -2.37. The van der Waals surface area contributed by atoms with E-state index in [0.29, 0.717) is 24.4 Å². The Morgan fingerprint density at radius 2 is 2.18 bits per heavy atom. The highest BCUT2D eigenvalue weighted by atomic mass is 16.1. The van der Waals surface area contributed by atoms with Gasteiger partial charge in [0.05, 0.1) is 6.04 Å². The summed E-state index contributed by atoms with van der Waals surface area (Å²) in [6.45, 7) is 4.10. The third kappa shape index (κ3) is 2.95. The van der Waals surface area contributed by atoms with Gasteiger partial charge in [0.15, 0.2) is 0 Å². The molecule has 0 saturated carbocycles. The Kier molecular flexibility index (Phi) is 4.09. The average Bonchev–Trinajstić information content (AvgIpc) is 2.89. The molecule has 0 saturated heterocycles. The van der Waals surface area contributed by atoms with Gasteiger partial charge in [0, 0.05) is 12.5 Å². The molecule has 2 aromatic rings. The molecule has 2 heterocycles. The highest BCUT2D eigenvalue weighted by molar-refractivity contribution is 5.88. The van der Waals surface area contributed by atoms with Gasteiger partial charge in [-0.25, -0.2) is 4.68 Å². The first-order valence-electron chi connectivity index (χ1n) is 7.75. The fourth-order valence-electron chi connectivity index (χ4n) is 2.77. The number of hydrogen-bond donors (Lipinski definition) is 2. The van der Waals surface area contributed by atoms with Crippen LogP contribution in [0.5, 0.6) is 0 Å². The number of fused-ring (bicyclic) bond motifs is 1. The van der Waals surface area contributed by atoms with Crippen molar-refractivity contribution < 1.29 is 4.79 Å². The summed E-state index contributed by atoms with van der Waals surface area (Å²) in [6.07, 6.45) is 2.22. The molecule has 1 aromatic carbocycles. The Bertz CT molecular complexity index is 652. The molecule has 1 aliphatic heterocycles. The molecule has 22 heavy (non-hydrogen) atoms. The van der Waals surface area contributed by atoms with Gasteiger partial charge in [-0.05, 0) is 25.3 Å². The minimum absolute atomic E-state index is 0.0465. The quantitative estimate of drug-likeness (QED) is 0.910. The van der Waals surface area contributed by atoms with Gasteiger partial charge in [0.2, 0.25) is 11.9 Å². The number of aromatic nitrogens is 3. The Morgan fingerprint density at radius 1 is 1.41 bits per heavy atom. The third-order valence-electron chi connectivity index (χ3n) is 3.79. The lowest BCUT2D eigenvalue weighted by Crippen LogP contribution is -2.31. The zero-order valence-electron chi connectivity index (χ0n) is 12.9. The van der Waals surface area contributed by atoms with E-state index in [1.807, 2.05) is 29.8 Å². The monoisotopic (exact) mass is 299 g/mol. The van der Waals surface area contributed by atoms with Gasteiger partial charge in [-0.1, -0.05) is 37.3 Å². The number of carbonyl (C=O) groups is 1. The van der Waals surface area contributed by atoms with Gasteiger partial charge in [-0.3, -0.25) is 10.1 Å². The molecule has 0 aliphatic carbocycles. The zero-order valence-corrected chi connectivity index (χ0v) is 12.9. The number of carbonyl (C=O) groups excluding carboxylic acids is 1. The summed E-state index contributed by atoms with van der Waals surface area (Å²) in [7, 11) is 0. The molecule has 3 rings (SSSR count). The normalized spacial score (nSPS) is 20.1. The van der Waals surface area contributed by atoms with E-state index in [-0.39, 0.29) is 11.9 Å². The second-order valence-electron chi connectivity index (χ2n) is 5.71. The van der Waals surface area contributed by atoms with Crippen molar-refractivity contribution in [2.75, 3.05) is 10.6 Å².